The molecule has 0 unspecified atom stereocenters. The van der Waals surface area contributed by atoms with Crippen molar-refractivity contribution in [1.82, 2.24) is 4.90 Å². The minimum Gasteiger partial charge on any atom is -0.303 e. The van der Waals surface area contributed by atoms with E-state index in [1.54, 1.807) is 0 Å². The molecule has 1 nitrogen and oxygen atoms in total. The summed E-state index contributed by atoms with van der Waals surface area (Å²) in [4.78, 5) is 2.69. The fourth-order valence-electron chi connectivity index (χ4n) is 2.53. The van der Waals surface area contributed by atoms with Crippen molar-refractivity contribution in [2.45, 2.75) is 91.4 Å². The van der Waals surface area contributed by atoms with Gasteiger partial charge in [-0.05, 0) is 38.9 Å². The monoisotopic (exact) mass is 255 g/mol. The van der Waals surface area contributed by atoms with Crippen molar-refractivity contribution in [1.29, 1.82) is 0 Å². The van der Waals surface area contributed by atoms with Crippen molar-refractivity contribution in [3.63, 3.8) is 0 Å². The fourth-order valence-corrected chi connectivity index (χ4v) is 2.53. The molecule has 0 aromatic carbocycles. The Hall–Kier alpha value is -0.0400. The number of unbranched alkanes of at least 4 members (excludes halogenated alkanes) is 8. The highest BCUT2D eigenvalue weighted by Gasteiger charge is 2.03. The first-order valence-electron chi connectivity index (χ1n) is 8.57. The Morgan fingerprint density at radius 1 is 0.444 bits per heavy atom. The van der Waals surface area contributed by atoms with Crippen molar-refractivity contribution in [2.24, 2.45) is 0 Å². The summed E-state index contributed by atoms with van der Waals surface area (Å²) in [6.07, 6.45) is 15.4. The van der Waals surface area contributed by atoms with E-state index in [4.69, 9.17) is 0 Å². The maximum Gasteiger partial charge on any atom is -0.00187 e. The van der Waals surface area contributed by atoms with Crippen LogP contribution in [0.3, 0.4) is 0 Å². The van der Waals surface area contributed by atoms with Crippen LogP contribution in [-0.4, -0.2) is 24.5 Å². The summed E-state index contributed by atoms with van der Waals surface area (Å²) in [5.74, 6) is 0. The maximum absolute atomic E-state index is 2.69. The first kappa shape index (κ1) is 18.0. The van der Waals surface area contributed by atoms with Crippen LogP contribution in [0.25, 0.3) is 0 Å². The number of nitrogens with zero attached hydrogens (tertiary/aromatic N) is 1. The largest absolute Gasteiger partial charge is 0.303 e. The molecule has 0 atom stereocenters. The first-order valence-corrected chi connectivity index (χ1v) is 8.57. The third kappa shape index (κ3) is 12.4. The summed E-state index contributed by atoms with van der Waals surface area (Å²) in [6.45, 7) is 10.9. The molecule has 0 N–H and O–H groups in total. The van der Waals surface area contributed by atoms with Gasteiger partial charge < -0.3 is 4.90 Å². The van der Waals surface area contributed by atoms with Crippen LogP contribution in [0.4, 0.5) is 0 Å². The molecule has 0 bridgehead atoms. The van der Waals surface area contributed by atoms with E-state index in [2.05, 4.69) is 25.7 Å². The molecule has 110 valence electrons. The lowest BCUT2D eigenvalue weighted by atomic mass is 10.1. The average molecular weight is 255 g/mol. The number of hydrogen-bond acceptors (Lipinski definition) is 1. The molecular weight excluding hydrogens is 218 g/mol. The second kappa shape index (κ2) is 15.0. The van der Waals surface area contributed by atoms with Crippen molar-refractivity contribution in [3.8, 4) is 0 Å². The van der Waals surface area contributed by atoms with Gasteiger partial charge in [0.15, 0.2) is 0 Å². The maximum atomic E-state index is 2.69. The zero-order valence-corrected chi connectivity index (χ0v) is 13.3. The van der Waals surface area contributed by atoms with Crippen LogP contribution in [-0.2, 0) is 0 Å². The topological polar surface area (TPSA) is 3.24 Å². The van der Waals surface area contributed by atoms with E-state index in [0.717, 1.165) is 0 Å². The standard InChI is InChI=1S/C17H37N/c1-4-7-9-11-13-16-18(15-6-3)17-14-12-10-8-5-2/h4-17H2,1-3H3. The van der Waals surface area contributed by atoms with E-state index >= 15 is 0 Å². The third-order valence-corrected chi connectivity index (χ3v) is 3.70. The van der Waals surface area contributed by atoms with E-state index in [1.807, 2.05) is 0 Å². The second-order valence-corrected chi connectivity index (χ2v) is 5.67. The molecule has 18 heavy (non-hydrogen) atoms. The van der Waals surface area contributed by atoms with Crippen molar-refractivity contribution >= 4 is 0 Å². The molecule has 0 aromatic heterocycles. The molecule has 0 saturated carbocycles. The minimum atomic E-state index is 1.31. The summed E-state index contributed by atoms with van der Waals surface area (Å²) in [5.41, 5.74) is 0. The van der Waals surface area contributed by atoms with Gasteiger partial charge in [-0.2, -0.15) is 0 Å². The fraction of sp³-hybridized carbons (Fsp3) is 1.00. The highest BCUT2D eigenvalue weighted by Crippen LogP contribution is 2.07. The SMILES string of the molecule is CCCCCCCN(CCC)CCCCCCC. The minimum absolute atomic E-state index is 1.31. The molecule has 0 saturated heterocycles. The summed E-state index contributed by atoms with van der Waals surface area (Å²) in [7, 11) is 0. The Morgan fingerprint density at radius 3 is 1.28 bits per heavy atom. The lowest BCUT2D eigenvalue weighted by Gasteiger charge is -2.21. The Labute approximate surface area is 116 Å². The summed E-state index contributed by atoms with van der Waals surface area (Å²) in [5, 5.41) is 0. The van der Waals surface area contributed by atoms with Crippen LogP contribution in [0, 0.1) is 0 Å². The third-order valence-electron chi connectivity index (χ3n) is 3.70. The van der Waals surface area contributed by atoms with Gasteiger partial charge in [0.1, 0.15) is 0 Å². The van der Waals surface area contributed by atoms with Gasteiger partial charge in [0.05, 0.1) is 0 Å². The molecule has 0 fully saturated rings. The van der Waals surface area contributed by atoms with Crippen molar-refractivity contribution in [3.05, 3.63) is 0 Å². The molecule has 0 spiro atoms. The van der Waals surface area contributed by atoms with Crippen LogP contribution in [0.15, 0.2) is 0 Å². The number of hydrogen-bond donors (Lipinski definition) is 0. The van der Waals surface area contributed by atoms with Gasteiger partial charge in [-0.3, -0.25) is 0 Å². The van der Waals surface area contributed by atoms with Crippen molar-refractivity contribution < 1.29 is 0 Å². The van der Waals surface area contributed by atoms with Crippen molar-refractivity contribution in [2.75, 3.05) is 19.6 Å². The Balaban J connectivity index is 3.45. The Bertz CT molecular complexity index is 131. The van der Waals surface area contributed by atoms with Gasteiger partial charge >= 0.3 is 0 Å². The lowest BCUT2D eigenvalue weighted by molar-refractivity contribution is 0.261. The van der Waals surface area contributed by atoms with Gasteiger partial charge in [-0.15, -0.1) is 0 Å². The van der Waals surface area contributed by atoms with Gasteiger partial charge in [0.25, 0.3) is 0 Å². The summed E-state index contributed by atoms with van der Waals surface area (Å²) >= 11 is 0. The summed E-state index contributed by atoms with van der Waals surface area (Å²) in [6, 6.07) is 0. The van der Waals surface area contributed by atoms with E-state index in [-0.39, 0.29) is 0 Å². The molecule has 0 aromatic rings. The molecular formula is C17H37N. The van der Waals surface area contributed by atoms with Gasteiger partial charge in [0.2, 0.25) is 0 Å². The van der Waals surface area contributed by atoms with E-state index in [0.29, 0.717) is 0 Å². The second-order valence-electron chi connectivity index (χ2n) is 5.67. The molecule has 1 heteroatoms. The van der Waals surface area contributed by atoms with Gasteiger partial charge in [0, 0.05) is 0 Å². The Kier molecular flexibility index (Phi) is 15.0. The normalized spacial score (nSPS) is 11.3. The van der Waals surface area contributed by atoms with Crippen LogP contribution in [0.2, 0.25) is 0 Å². The molecule has 0 aliphatic heterocycles. The van der Waals surface area contributed by atoms with Gasteiger partial charge in [-0.25, -0.2) is 0 Å². The summed E-state index contributed by atoms with van der Waals surface area (Å²) < 4.78 is 0. The first-order chi connectivity index (χ1) is 8.85. The molecule has 0 amide bonds. The quantitative estimate of drug-likeness (QED) is 0.363. The predicted molar refractivity (Wildman–Crippen MR) is 84.2 cm³/mol. The lowest BCUT2D eigenvalue weighted by Crippen LogP contribution is -2.27. The van der Waals surface area contributed by atoms with Crippen LogP contribution < -0.4 is 0 Å². The zero-order chi connectivity index (χ0) is 13.5. The highest BCUT2D eigenvalue weighted by atomic mass is 15.1. The van der Waals surface area contributed by atoms with E-state index in [9.17, 15) is 0 Å². The zero-order valence-electron chi connectivity index (χ0n) is 13.3. The Morgan fingerprint density at radius 2 is 0.889 bits per heavy atom. The highest BCUT2D eigenvalue weighted by molar-refractivity contribution is 4.58. The van der Waals surface area contributed by atoms with Crippen LogP contribution in [0.1, 0.15) is 91.4 Å². The van der Waals surface area contributed by atoms with E-state index in [1.165, 1.54) is 90.3 Å². The smallest absolute Gasteiger partial charge is 0.00187 e. The predicted octanol–water partition coefficient (Wildman–Crippen LogP) is 5.64. The van der Waals surface area contributed by atoms with E-state index < -0.39 is 0 Å². The molecule has 0 heterocycles. The average Bonchev–Trinajstić information content (AvgIpc) is 2.38. The van der Waals surface area contributed by atoms with Crippen LogP contribution in [0.5, 0.6) is 0 Å². The molecule has 0 aliphatic carbocycles. The molecule has 0 aliphatic rings. The number of rotatable bonds is 14. The van der Waals surface area contributed by atoms with Gasteiger partial charge in [-0.1, -0.05) is 72.1 Å². The van der Waals surface area contributed by atoms with Crippen LogP contribution >= 0.6 is 0 Å². The molecule has 0 rings (SSSR count). The molecule has 0 radical (unpaired) electrons.